The maximum Gasteiger partial charge on any atom is 0.244 e. The number of nitriles is 1. The molecule has 0 aliphatic carbocycles. The molecule has 0 aliphatic rings. The van der Waals surface area contributed by atoms with Crippen LogP contribution < -0.4 is 0 Å². The van der Waals surface area contributed by atoms with E-state index in [2.05, 4.69) is 0 Å². The van der Waals surface area contributed by atoms with Gasteiger partial charge in [-0.05, 0) is 36.8 Å². The largest absolute Gasteiger partial charge is 0.338 e. The molecule has 0 fully saturated rings. The number of hydrogen-bond donors (Lipinski definition) is 0. The number of amides is 1. The van der Waals surface area contributed by atoms with E-state index in [9.17, 15) is 21.6 Å². The highest BCUT2D eigenvalue weighted by Gasteiger charge is 2.28. The predicted octanol–water partition coefficient (Wildman–Crippen LogP) is 1.80. The summed E-state index contributed by atoms with van der Waals surface area (Å²) in [7, 11) is -4.53. The molecule has 0 spiro atoms. The van der Waals surface area contributed by atoms with Crippen LogP contribution in [0.3, 0.4) is 0 Å². The van der Waals surface area contributed by atoms with Gasteiger partial charge in [-0.3, -0.25) is 4.79 Å². The zero-order chi connectivity index (χ0) is 22.7. The van der Waals surface area contributed by atoms with Crippen LogP contribution >= 0.6 is 0 Å². The summed E-state index contributed by atoms with van der Waals surface area (Å²) in [5.41, 5.74) is 0.711. The van der Waals surface area contributed by atoms with Crippen LogP contribution in [0.2, 0.25) is 0 Å². The third-order valence-electron chi connectivity index (χ3n) is 4.82. The Balaban J connectivity index is 2.17. The van der Waals surface area contributed by atoms with Crippen LogP contribution in [0.1, 0.15) is 24.1 Å². The number of likely N-dealkylation sites (N-methyl/N-ethyl adjacent to an activating group) is 2. The van der Waals surface area contributed by atoms with Gasteiger partial charge in [0.25, 0.3) is 0 Å². The minimum Gasteiger partial charge on any atom is -0.338 e. The van der Waals surface area contributed by atoms with E-state index in [1.54, 1.807) is 32.2 Å². The van der Waals surface area contributed by atoms with Crippen LogP contribution in [0.25, 0.3) is 0 Å². The summed E-state index contributed by atoms with van der Waals surface area (Å²) in [6, 6.07) is 13.4. The summed E-state index contributed by atoms with van der Waals surface area (Å²) < 4.78 is 49.7. The highest BCUT2D eigenvalue weighted by atomic mass is 32.2. The molecular weight excluding hydrogens is 426 g/mol. The van der Waals surface area contributed by atoms with Gasteiger partial charge in [-0.1, -0.05) is 24.3 Å². The van der Waals surface area contributed by atoms with Gasteiger partial charge in [0.15, 0.2) is 9.84 Å². The van der Waals surface area contributed by atoms with Crippen LogP contribution in [0.4, 0.5) is 0 Å². The number of sulfone groups is 1. The van der Waals surface area contributed by atoms with Gasteiger partial charge in [0, 0.05) is 20.4 Å². The molecule has 0 heterocycles. The minimum atomic E-state index is -4.03. The molecule has 1 amide bonds. The molecule has 10 heteroatoms. The quantitative estimate of drug-likeness (QED) is 0.636. The summed E-state index contributed by atoms with van der Waals surface area (Å²) >= 11 is 0. The fraction of sp³-hybridized carbons (Fsp3) is 0.300. The van der Waals surface area contributed by atoms with Crippen LogP contribution in [0.15, 0.2) is 58.3 Å². The van der Waals surface area contributed by atoms with E-state index in [0.29, 0.717) is 5.56 Å². The van der Waals surface area contributed by atoms with Crippen molar-refractivity contribution in [1.29, 1.82) is 5.26 Å². The Bertz CT molecular complexity index is 1180. The molecule has 0 saturated heterocycles. The van der Waals surface area contributed by atoms with Gasteiger partial charge in [0.1, 0.15) is 6.07 Å². The number of carbonyl (C=O) groups is 1. The number of hydrogen-bond acceptors (Lipinski definition) is 6. The second kappa shape index (κ2) is 8.95. The molecule has 8 nitrogen and oxygen atoms in total. The van der Waals surface area contributed by atoms with Crippen molar-refractivity contribution in [2.75, 3.05) is 26.9 Å². The first-order valence-corrected chi connectivity index (χ1v) is 12.2. The van der Waals surface area contributed by atoms with Crippen LogP contribution in [-0.2, 0) is 24.7 Å². The molecule has 1 atom stereocenters. The van der Waals surface area contributed by atoms with Gasteiger partial charge in [0.2, 0.25) is 15.9 Å². The SMILES string of the molecule is C[C@H](c1ccc(S(C)(=O)=O)cc1)N(C)C(=O)CN(C)S(=O)(=O)c1ccccc1C#N. The molecule has 0 N–H and O–H groups in total. The van der Waals surface area contributed by atoms with Crippen molar-refractivity contribution < 1.29 is 21.6 Å². The summed E-state index contributed by atoms with van der Waals surface area (Å²) in [5.74, 6) is -0.449. The molecular formula is C20H23N3O5S2. The molecule has 0 saturated carbocycles. The lowest BCUT2D eigenvalue weighted by Crippen LogP contribution is -2.40. The van der Waals surface area contributed by atoms with Crippen molar-refractivity contribution in [3.63, 3.8) is 0 Å². The van der Waals surface area contributed by atoms with E-state index in [4.69, 9.17) is 5.26 Å². The standard InChI is InChI=1S/C20H23N3O5S2/c1-15(16-9-11-18(12-10-16)29(4,25)26)23(3)20(24)14-22(2)30(27,28)19-8-6-5-7-17(19)13-21/h5-12,15H,14H2,1-4H3/t15-/m1/s1. The van der Waals surface area contributed by atoms with E-state index in [0.717, 1.165) is 10.6 Å². The third-order valence-corrected chi connectivity index (χ3v) is 7.81. The van der Waals surface area contributed by atoms with Crippen molar-refractivity contribution >= 4 is 25.8 Å². The van der Waals surface area contributed by atoms with Crippen LogP contribution in [0, 0.1) is 11.3 Å². The Hall–Kier alpha value is -2.74. The Morgan fingerprint density at radius 2 is 1.60 bits per heavy atom. The average Bonchev–Trinajstić information content (AvgIpc) is 2.71. The highest BCUT2D eigenvalue weighted by molar-refractivity contribution is 7.90. The zero-order valence-electron chi connectivity index (χ0n) is 17.1. The van der Waals surface area contributed by atoms with Gasteiger partial charge in [-0.2, -0.15) is 9.57 Å². The Morgan fingerprint density at radius 1 is 1.03 bits per heavy atom. The van der Waals surface area contributed by atoms with E-state index in [1.807, 2.05) is 6.07 Å². The molecule has 0 aromatic heterocycles. The van der Waals surface area contributed by atoms with Crippen molar-refractivity contribution in [1.82, 2.24) is 9.21 Å². The molecule has 30 heavy (non-hydrogen) atoms. The molecule has 2 rings (SSSR count). The maximum absolute atomic E-state index is 12.8. The Labute approximate surface area is 177 Å². The number of rotatable bonds is 7. The van der Waals surface area contributed by atoms with Gasteiger partial charge in [0.05, 0.1) is 27.9 Å². The summed E-state index contributed by atoms with van der Waals surface area (Å²) in [5, 5.41) is 9.16. The van der Waals surface area contributed by atoms with Crippen molar-refractivity contribution in [2.24, 2.45) is 0 Å². The second-order valence-corrected chi connectivity index (χ2v) is 10.9. The first-order valence-electron chi connectivity index (χ1n) is 8.90. The van der Waals surface area contributed by atoms with Gasteiger partial charge in [-0.25, -0.2) is 16.8 Å². The summed E-state index contributed by atoms with van der Waals surface area (Å²) in [6.07, 6.45) is 1.11. The lowest BCUT2D eigenvalue weighted by Gasteiger charge is -2.27. The molecule has 160 valence electrons. The molecule has 2 aromatic rings. The predicted molar refractivity (Wildman–Crippen MR) is 112 cm³/mol. The molecule has 0 bridgehead atoms. The average molecular weight is 450 g/mol. The minimum absolute atomic E-state index is 0.00416. The summed E-state index contributed by atoms with van der Waals surface area (Å²) in [4.78, 5) is 14.1. The van der Waals surface area contributed by atoms with Crippen molar-refractivity contribution in [3.05, 3.63) is 59.7 Å². The third kappa shape index (κ3) is 5.05. The number of carbonyl (C=O) groups excluding carboxylic acids is 1. The van der Waals surface area contributed by atoms with Crippen LogP contribution in [0.5, 0.6) is 0 Å². The molecule has 0 unspecified atom stereocenters. The normalized spacial score (nSPS) is 12.9. The monoisotopic (exact) mass is 449 g/mol. The fourth-order valence-electron chi connectivity index (χ4n) is 2.77. The highest BCUT2D eigenvalue weighted by Crippen LogP contribution is 2.22. The first kappa shape index (κ1) is 23.5. The van der Waals surface area contributed by atoms with Crippen molar-refractivity contribution in [2.45, 2.75) is 22.8 Å². The zero-order valence-corrected chi connectivity index (χ0v) is 18.7. The molecule has 0 aliphatic heterocycles. The number of sulfonamides is 1. The number of benzene rings is 2. The smallest absolute Gasteiger partial charge is 0.244 e. The second-order valence-electron chi connectivity index (χ2n) is 6.89. The lowest BCUT2D eigenvalue weighted by atomic mass is 10.1. The summed E-state index contributed by atoms with van der Waals surface area (Å²) in [6.45, 7) is 1.34. The fourth-order valence-corrected chi connectivity index (χ4v) is 4.66. The van der Waals surface area contributed by atoms with Gasteiger partial charge < -0.3 is 4.90 Å². The van der Waals surface area contributed by atoms with E-state index in [1.165, 1.54) is 42.3 Å². The topological polar surface area (TPSA) is 116 Å². The van der Waals surface area contributed by atoms with E-state index in [-0.39, 0.29) is 15.4 Å². The van der Waals surface area contributed by atoms with Gasteiger partial charge in [-0.15, -0.1) is 0 Å². The Kier molecular flexibility index (Phi) is 7.02. The maximum atomic E-state index is 12.8. The van der Waals surface area contributed by atoms with E-state index >= 15 is 0 Å². The van der Waals surface area contributed by atoms with E-state index < -0.39 is 38.4 Å². The molecule has 2 aromatic carbocycles. The van der Waals surface area contributed by atoms with Crippen LogP contribution in [-0.4, -0.2) is 58.8 Å². The first-order chi connectivity index (χ1) is 13.9. The lowest BCUT2D eigenvalue weighted by molar-refractivity contribution is -0.131. The van der Waals surface area contributed by atoms with Crippen molar-refractivity contribution in [3.8, 4) is 6.07 Å². The Morgan fingerprint density at radius 3 is 2.13 bits per heavy atom. The van der Waals surface area contributed by atoms with Gasteiger partial charge >= 0.3 is 0 Å². The number of nitrogens with zero attached hydrogens (tertiary/aromatic N) is 3. The molecule has 0 radical (unpaired) electrons.